The largest absolute Gasteiger partial charge is 0.462 e. The van der Waals surface area contributed by atoms with Crippen LogP contribution in [0.2, 0.25) is 0 Å². The predicted octanol–water partition coefficient (Wildman–Crippen LogP) is 3.60. The summed E-state index contributed by atoms with van der Waals surface area (Å²) < 4.78 is 5.03. The lowest BCUT2D eigenvalue weighted by molar-refractivity contribution is 0.0523. The summed E-state index contributed by atoms with van der Waals surface area (Å²) in [7, 11) is 0. The molecule has 1 N–H and O–H groups in total. The van der Waals surface area contributed by atoms with E-state index in [9.17, 15) is 14.9 Å². The number of aryl methyl sites for hydroxylation is 2. The molecule has 24 heavy (non-hydrogen) atoms. The number of Topliss-reactive ketones (excluding diaryl/α,β-unsaturated/α-hetero) is 1. The maximum atomic E-state index is 12.8. The monoisotopic (exact) mass is 322 g/mol. The molecule has 0 spiro atoms. The fourth-order valence-corrected chi connectivity index (χ4v) is 2.52. The fourth-order valence-electron chi connectivity index (χ4n) is 2.52. The number of nitriles is 1. The van der Waals surface area contributed by atoms with E-state index in [-0.39, 0.29) is 23.3 Å². The van der Waals surface area contributed by atoms with Gasteiger partial charge in [-0.3, -0.25) is 4.79 Å². The molecule has 0 fully saturated rings. The average Bonchev–Trinajstić information content (AvgIpc) is 2.87. The number of nitrogens with one attached hydrogen (secondary N) is 1. The highest BCUT2D eigenvalue weighted by Gasteiger charge is 2.27. The quantitative estimate of drug-likeness (QED) is 0.394. The summed E-state index contributed by atoms with van der Waals surface area (Å²) in [6.45, 7) is 5.30. The molecule has 5 heteroatoms. The highest BCUT2D eigenvalue weighted by Crippen LogP contribution is 2.23. The number of allylic oxidation sites excluding steroid dienone is 1. The summed E-state index contributed by atoms with van der Waals surface area (Å²) in [6.07, 6.45) is 1.51. The summed E-state index contributed by atoms with van der Waals surface area (Å²) in [5.74, 6) is -1.06. The molecule has 0 aliphatic heterocycles. The minimum absolute atomic E-state index is 0.0335. The molecule has 1 heterocycles. The van der Waals surface area contributed by atoms with Gasteiger partial charge in [-0.15, -0.1) is 0 Å². The third-order valence-corrected chi connectivity index (χ3v) is 3.56. The molecule has 1 aromatic heterocycles. The van der Waals surface area contributed by atoms with Gasteiger partial charge >= 0.3 is 5.97 Å². The van der Waals surface area contributed by atoms with Crippen LogP contribution in [0.25, 0.3) is 6.08 Å². The summed E-state index contributed by atoms with van der Waals surface area (Å²) >= 11 is 0. The molecule has 2 aromatic rings. The van der Waals surface area contributed by atoms with Crippen LogP contribution in [0.5, 0.6) is 0 Å². The molecule has 0 aliphatic rings. The van der Waals surface area contributed by atoms with E-state index in [0.717, 1.165) is 5.56 Å². The summed E-state index contributed by atoms with van der Waals surface area (Å²) in [5, 5.41) is 9.38. The van der Waals surface area contributed by atoms with Crippen molar-refractivity contribution in [2.45, 2.75) is 20.8 Å². The molecular formula is C19H18N2O3. The molecule has 0 bridgehead atoms. The Labute approximate surface area is 140 Å². The van der Waals surface area contributed by atoms with Crippen molar-refractivity contribution >= 4 is 17.8 Å². The minimum Gasteiger partial charge on any atom is -0.462 e. The maximum absolute atomic E-state index is 12.8. The number of carbonyl (C=O) groups excluding carboxylic acids is 2. The van der Waals surface area contributed by atoms with Gasteiger partial charge in [-0.2, -0.15) is 5.26 Å². The van der Waals surface area contributed by atoms with Crippen LogP contribution in [0.15, 0.2) is 35.9 Å². The van der Waals surface area contributed by atoms with Gasteiger partial charge in [-0.25, -0.2) is 4.79 Å². The Morgan fingerprint density at radius 2 is 1.79 bits per heavy atom. The van der Waals surface area contributed by atoms with Gasteiger partial charge in [0.25, 0.3) is 0 Å². The summed E-state index contributed by atoms with van der Waals surface area (Å²) in [6, 6.07) is 11.0. The second-order valence-electron chi connectivity index (χ2n) is 5.26. The topological polar surface area (TPSA) is 83.0 Å². The molecule has 0 unspecified atom stereocenters. The Balaban J connectivity index is 2.51. The SMILES string of the molecule is CCOC(=O)c1c(C)[nH]c(C)c1C(=O)/C(C#N)=C/c1ccccc1. The third kappa shape index (κ3) is 3.44. The number of rotatable bonds is 5. The molecule has 122 valence electrons. The number of hydrogen-bond donors (Lipinski definition) is 1. The zero-order valence-corrected chi connectivity index (χ0v) is 13.8. The van der Waals surface area contributed by atoms with E-state index in [2.05, 4.69) is 4.98 Å². The molecule has 2 rings (SSSR count). The lowest BCUT2D eigenvalue weighted by atomic mass is 9.98. The maximum Gasteiger partial charge on any atom is 0.340 e. The number of H-pyrrole nitrogens is 1. The Kier molecular flexibility index (Phi) is 5.33. The van der Waals surface area contributed by atoms with Crippen molar-refractivity contribution in [2.75, 3.05) is 6.61 Å². The van der Waals surface area contributed by atoms with Crippen LogP contribution in [0, 0.1) is 25.2 Å². The number of carbonyl (C=O) groups is 2. The molecule has 0 radical (unpaired) electrons. The second kappa shape index (κ2) is 7.42. The minimum atomic E-state index is -0.570. The van der Waals surface area contributed by atoms with E-state index >= 15 is 0 Å². The van der Waals surface area contributed by atoms with Crippen LogP contribution in [0.3, 0.4) is 0 Å². The number of nitrogens with zero attached hydrogens (tertiary/aromatic N) is 1. The molecule has 0 aliphatic carbocycles. The average molecular weight is 322 g/mol. The second-order valence-corrected chi connectivity index (χ2v) is 5.26. The molecular weight excluding hydrogens is 304 g/mol. The van der Waals surface area contributed by atoms with Crippen molar-refractivity contribution in [1.29, 1.82) is 5.26 Å². The molecule has 1 aromatic carbocycles. The Bertz CT molecular complexity index is 839. The lowest BCUT2D eigenvalue weighted by Crippen LogP contribution is -2.13. The van der Waals surface area contributed by atoms with Gasteiger partial charge in [0.05, 0.1) is 17.7 Å². The standard InChI is InChI=1S/C19H18N2O3/c1-4-24-19(23)17-13(3)21-12(2)16(17)18(22)15(11-20)10-14-8-6-5-7-9-14/h5-10,21H,4H2,1-3H3/b15-10+. The zero-order chi connectivity index (χ0) is 17.7. The van der Waals surface area contributed by atoms with E-state index in [1.807, 2.05) is 24.3 Å². The number of ether oxygens (including phenoxy) is 1. The fraction of sp³-hybridized carbons (Fsp3) is 0.211. The van der Waals surface area contributed by atoms with Crippen LogP contribution in [0.1, 0.15) is 44.6 Å². The number of aromatic nitrogens is 1. The van der Waals surface area contributed by atoms with Gasteiger partial charge in [0, 0.05) is 11.4 Å². The van der Waals surface area contributed by atoms with Crippen LogP contribution in [-0.4, -0.2) is 23.3 Å². The first-order chi connectivity index (χ1) is 11.5. The van der Waals surface area contributed by atoms with Gasteiger partial charge in [0.2, 0.25) is 5.78 Å². The normalized spacial score (nSPS) is 11.0. The van der Waals surface area contributed by atoms with Crippen LogP contribution in [0.4, 0.5) is 0 Å². The van der Waals surface area contributed by atoms with Crippen molar-refractivity contribution in [3.8, 4) is 6.07 Å². The molecule has 0 saturated heterocycles. The van der Waals surface area contributed by atoms with E-state index in [0.29, 0.717) is 11.4 Å². The molecule has 0 amide bonds. The van der Waals surface area contributed by atoms with Crippen molar-refractivity contribution < 1.29 is 14.3 Å². The molecule has 5 nitrogen and oxygen atoms in total. The first kappa shape index (κ1) is 17.2. The molecule has 0 saturated carbocycles. The Morgan fingerprint density at radius 3 is 2.38 bits per heavy atom. The first-order valence-electron chi connectivity index (χ1n) is 7.57. The van der Waals surface area contributed by atoms with E-state index in [1.54, 1.807) is 32.9 Å². The number of hydrogen-bond acceptors (Lipinski definition) is 4. The smallest absolute Gasteiger partial charge is 0.340 e. The lowest BCUT2D eigenvalue weighted by Gasteiger charge is -2.05. The van der Waals surface area contributed by atoms with Gasteiger partial charge in [-0.1, -0.05) is 30.3 Å². The van der Waals surface area contributed by atoms with Gasteiger partial charge in [0.15, 0.2) is 0 Å². The Hall–Kier alpha value is -3.13. The first-order valence-corrected chi connectivity index (χ1v) is 7.57. The third-order valence-electron chi connectivity index (χ3n) is 3.56. The zero-order valence-electron chi connectivity index (χ0n) is 13.8. The van der Waals surface area contributed by atoms with E-state index in [1.165, 1.54) is 6.08 Å². The summed E-state index contributed by atoms with van der Waals surface area (Å²) in [5.41, 5.74) is 2.17. The van der Waals surface area contributed by atoms with Crippen molar-refractivity contribution in [1.82, 2.24) is 4.98 Å². The van der Waals surface area contributed by atoms with Gasteiger partial charge < -0.3 is 9.72 Å². The van der Waals surface area contributed by atoms with E-state index < -0.39 is 11.8 Å². The van der Waals surface area contributed by atoms with Gasteiger partial charge in [0.1, 0.15) is 11.6 Å². The van der Waals surface area contributed by atoms with Crippen LogP contribution >= 0.6 is 0 Å². The van der Waals surface area contributed by atoms with Crippen LogP contribution in [-0.2, 0) is 4.74 Å². The van der Waals surface area contributed by atoms with Crippen molar-refractivity contribution in [3.05, 3.63) is 64.0 Å². The van der Waals surface area contributed by atoms with Gasteiger partial charge in [-0.05, 0) is 32.4 Å². The molecule has 0 atom stereocenters. The highest BCUT2D eigenvalue weighted by molar-refractivity contribution is 6.19. The summed E-state index contributed by atoms with van der Waals surface area (Å²) in [4.78, 5) is 28.0. The van der Waals surface area contributed by atoms with Crippen molar-refractivity contribution in [2.24, 2.45) is 0 Å². The number of esters is 1. The highest BCUT2D eigenvalue weighted by atomic mass is 16.5. The number of benzene rings is 1. The van der Waals surface area contributed by atoms with E-state index in [4.69, 9.17) is 4.74 Å². The Morgan fingerprint density at radius 1 is 1.17 bits per heavy atom. The predicted molar refractivity (Wildman–Crippen MR) is 90.6 cm³/mol. The van der Waals surface area contributed by atoms with Crippen LogP contribution < -0.4 is 0 Å². The van der Waals surface area contributed by atoms with Crippen molar-refractivity contribution in [3.63, 3.8) is 0 Å². The number of aromatic amines is 1. The number of ketones is 1.